The molecular formula is C24H23N3O2S. The van der Waals surface area contributed by atoms with Crippen LogP contribution >= 0.6 is 12.2 Å². The molecule has 3 aromatic rings. The number of nitrogens with zero attached hydrogens (tertiary/aromatic N) is 2. The van der Waals surface area contributed by atoms with E-state index in [1.807, 2.05) is 71.7 Å². The van der Waals surface area contributed by atoms with Crippen LogP contribution in [-0.2, 0) is 0 Å². The first-order valence-corrected chi connectivity index (χ1v) is 10.1. The summed E-state index contributed by atoms with van der Waals surface area (Å²) in [5.41, 5.74) is 4.02. The normalized spacial score (nSPS) is 15.5. The monoisotopic (exact) mass is 417 g/mol. The van der Waals surface area contributed by atoms with Crippen LogP contribution in [0.4, 0.5) is 5.69 Å². The molecule has 30 heavy (non-hydrogen) atoms. The fraction of sp³-hybridized carbons (Fsp3) is 0.167. The van der Waals surface area contributed by atoms with Gasteiger partial charge >= 0.3 is 0 Å². The van der Waals surface area contributed by atoms with Crippen molar-refractivity contribution in [1.82, 2.24) is 5.01 Å². The second-order valence-electron chi connectivity index (χ2n) is 6.92. The smallest absolute Gasteiger partial charge is 0.194 e. The van der Waals surface area contributed by atoms with Crippen LogP contribution in [0.5, 0.6) is 11.5 Å². The zero-order chi connectivity index (χ0) is 20.9. The summed E-state index contributed by atoms with van der Waals surface area (Å²) in [6, 6.07) is 25.9. The Hall–Kier alpha value is -3.38. The van der Waals surface area contributed by atoms with Crippen LogP contribution in [0.15, 0.2) is 84.0 Å². The van der Waals surface area contributed by atoms with Crippen LogP contribution in [0.3, 0.4) is 0 Å². The van der Waals surface area contributed by atoms with Crippen molar-refractivity contribution in [2.75, 3.05) is 19.5 Å². The SMILES string of the molecule is COc1cc(OC)cc([C@@H]2CC(c3ccccc3)=NN2C(=S)Nc2ccccc2)c1. The summed E-state index contributed by atoms with van der Waals surface area (Å²) < 4.78 is 11.0. The van der Waals surface area contributed by atoms with Crippen molar-refractivity contribution in [3.8, 4) is 11.5 Å². The molecule has 5 nitrogen and oxygen atoms in total. The Labute approximate surface area is 181 Å². The summed E-state index contributed by atoms with van der Waals surface area (Å²) in [5, 5.41) is 10.6. The van der Waals surface area contributed by atoms with E-state index in [-0.39, 0.29) is 6.04 Å². The number of methoxy groups -OCH3 is 2. The molecule has 0 aromatic heterocycles. The zero-order valence-electron chi connectivity index (χ0n) is 16.9. The molecule has 152 valence electrons. The van der Waals surface area contributed by atoms with Gasteiger partial charge in [0.25, 0.3) is 0 Å². The Morgan fingerprint density at radius 2 is 1.53 bits per heavy atom. The summed E-state index contributed by atoms with van der Waals surface area (Å²) in [5.74, 6) is 1.47. The third kappa shape index (κ3) is 4.28. The van der Waals surface area contributed by atoms with Crippen LogP contribution in [0.1, 0.15) is 23.6 Å². The molecule has 0 spiro atoms. The van der Waals surface area contributed by atoms with Gasteiger partial charge in [0, 0.05) is 18.2 Å². The molecule has 0 saturated heterocycles. The van der Waals surface area contributed by atoms with Gasteiger partial charge in [-0.25, -0.2) is 5.01 Å². The number of hydrazone groups is 1. The minimum atomic E-state index is -0.0760. The van der Waals surface area contributed by atoms with Gasteiger partial charge in [0.2, 0.25) is 0 Å². The first-order valence-electron chi connectivity index (χ1n) is 9.69. The maximum atomic E-state index is 5.74. The molecule has 1 aliphatic heterocycles. The van der Waals surface area contributed by atoms with Gasteiger partial charge in [-0.1, -0.05) is 48.5 Å². The molecule has 1 N–H and O–H groups in total. The van der Waals surface area contributed by atoms with Crippen LogP contribution in [0.2, 0.25) is 0 Å². The highest BCUT2D eigenvalue weighted by molar-refractivity contribution is 7.80. The van der Waals surface area contributed by atoms with Crippen molar-refractivity contribution in [2.24, 2.45) is 5.10 Å². The van der Waals surface area contributed by atoms with Crippen molar-refractivity contribution in [1.29, 1.82) is 0 Å². The second-order valence-corrected chi connectivity index (χ2v) is 7.31. The lowest BCUT2D eigenvalue weighted by molar-refractivity contribution is 0.364. The summed E-state index contributed by atoms with van der Waals surface area (Å²) in [6.45, 7) is 0. The highest BCUT2D eigenvalue weighted by Crippen LogP contribution is 2.37. The molecule has 0 amide bonds. The maximum absolute atomic E-state index is 5.74. The first kappa shape index (κ1) is 19.9. The largest absolute Gasteiger partial charge is 0.497 e. The Bertz CT molecular complexity index is 1030. The fourth-order valence-corrected chi connectivity index (χ4v) is 3.77. The number of nitrogens with one attached hydrogen (secondary N) is 1. The maximum Gasteiger partial charge on any atom is 0.194 e. The molecule has 1 aliphatic rings. The molecule has 6 heteroatoms. The Morgan fingerprint density at radius 1 is 0.933 bits per heavy atom. The average Bonchev–Trinajstić information content (AvgIpc) is 3.26. The quantitative estimate of drug-likeness (QED) is 0.575. The Kier molecular flexibility index (Phi) is 5.95. The molecule has 0 fully saturated rings. The number of hydrogen-bond donors (Lipinski definition) is 1. The number of anilines is 1. The van der Waals surface area contributed by atoms with Gasteiger partial charge in [-0.3, -0.25) is 0 Å². The Morgan fingerprint density at radius 3 is 2.13 bits per heavy atom. The molecule has 0 aliphatic carbocycles. The van der Waals surface area contributed by atoms with Crippen molar-refractivity contribution < 1.29 is 9.47 Å². The summed E-state index contributed by atoms with van der Waals surface area (Å²) in [4.78, 5) is 0. The van der Waals surface area contributed by atoms with Gasteiger partial charge < -0.3 is 14.8 Å². The molecule has 0 bridgehead atoms. The molecule has 0 unspecified atom stereocenters. The molecular weight excluding hydrogens is 394 g/mol. The van der Waals surface area contributed by atoms with E-state index in [4.69, 9.17) is 26.8 Å². The summed E-state index contributed by atoms with van der Waals surface area (Å²) in [6.07, 6.45) is 0.719. The lowest BCUT2D eigenvalue weighted by atomic mass is 9.98. The van der Waals surface area contributed by atoms with E-state index in [2.05, 4.69) is 17.4 Å². The average molecular weight is 418 g/mol. The topological polar surface area (TPSA) is 46.1 Å². The third-order valence-corrected chi connectivity index (χ3v) is 5.30. The van der Waals surface area contributed by atoms with Crippen molar-refractivity contribution in [3.05, 3.63) is 90.0 Å². The van der Waals surface area contributed by atoms with E-state index >= 15 is 0 Å². The predicted octanol–water partition coefficient (Wildman–Crippen LogP) is 5.25. The zero-order valence-corrected chi connectivity index (χ0v) is 17.7. The van der Waals surface area contributed by atoms with E-state index in [1.165, 1.54) is 0 Å². The van der Waals surface area contributed by atoms with E-state index in [9.17, 15) is 0 Å². The minimum absolute atomic E-state index is 0.0760. The fourth-order valence-electron chi connectivity index (χ4n) is 3.49. The number of thiocarbonyl (C=S) groups is 1. The summed E-state index contributed by atoms with van der Waals surface area (Å²) in [7, 11) is 3.30. The molecule has 1 atom stereocenters. The molecule has 3 aromatic carbocycles. The van der Waals surface area contributed by atoms with Crippen molar-refractivity contribution in [3.63, 3.8) is 0 Å². The van der Waals surface area contributed by atoms with E-state index in [0.717, 1.165) is 40.4 Å². The van der Waals surface area contributed by atoms with Gasteiger partial charge in [0.15, 0.2) is 5.11 Å². The number of benzene rings is 3. The van der Waals surface area contributed by atoms with E-state index < -0.39 is 0 Å². The van der Waals surface area contributed by atoms with Crippen LogP contribution in [0, 0.1) is 0 Å². The van der Waals surface area contributed by atoms with Gasteiger partial charge in [-0.2, -0.15) is 5.10 Å². The number of hydrogen-bond acceptors (Lipinski definition) is 4. The van der Waals surface area contributed by atoms with Crippen molar-refractivity contribution >= 4 is 28.7 Å². The predicted molar refractivity (Wildman–Crippen MR) is 124 cm³/mol. The van der Waals surface area contributed by atoms with Crippen LogP contribution in [-0.4, -0.2) is 30.1 Å². The van der Waals surface area contributed by atoms with Crippen LogP contribution < -0.4 is 14.8 Å². The first-order chi connectivity index (χ1) is 14.7. The number of rotatable bonds is 5. The van der Waals surface area contributed by atoms with Gasteiger partial charge in [-0.05, 0) is 47.6 Å². The lowest BCUT2D eigenvalue weighted by Crippen LogP contribution is -2.31. The van der Waals surface area contributed by atoms with E-state index in [0.29, 0.717) is 5.11 Å². The molecule has 1 heterocycles. The highest BCUT2D eigenvalue weighted by atomic mass is 32.1. The van der Waals surface area contributed by atoms with E-state index in [1.54, 1.807) is 14.2 Å². The summed E-state index contributed by atoms with van der Waals surface area (Å²) >= 11 is 5.74. The second kappa shape index (κ2) is 8.97. The third-order valence-electron chi connectivity index (χ3n) is 5.01. The highest BCUT2D eigenvalue weighted by Gasteiger charge is 2.32. The molecule has 0 saturated carbocycles. The number of para-hydroxylation sites is 1. The van der Waals surface area contributed by atoms with Crippen LogP contribution in [0.25, 0.3) is 0 Å². The minimum Gasteiger partial charge on any atom is -0.497 e. The molecule has 4 rings (SSSR count). The van der Waals surface area contributed by atoms with Gasteiger partial charge in [0.05, 0.1) is 26.0 Å². The Balaban J connectivity index is 1.70. The standard InChI is InChI=1S/C24H23N3O2S/c1-28-20-13-18(14-21(15-20)29-2)23-16-22(17-9-5-3-6-10-17)26-27(23)24(30)25-19-11-7-4-8-12-19/h3-15,23H,16H2,1-2H3,(H,25,30)/t23-/m0/s1. The van der Waals surface area contributed by atoms with Gasteiger partial charge in [-0.15, -0.1) is 0 Å². The van der Waals surface area contributed by atoms with Gasteiger partial charge in [0.1, 0.15) is 11.5 Å². The number of ether oxygens (including phenoxy) is 2. The van der Waals surface area contributed by atoms with Crippen molar-refractivity contribution in [2.45, 2.75) is 12.5 Å². The lowest BCUT2D eigenvalue weighted by Gasteiger charge is -2.25. The molecule has 0 radical (unpaired) electrons.